The summed E-state index contributed by atoms with van der Waals surface area (Å²) in [6, 6.07) is 20.1. The van der Waals surface area contributed by atoms with Crippen molar-refractivity contribution in [2.45, 2.75) is 12.2 Å². The molecule has 2 atom stereocenters. The number of para-hydroxylation sites is 1. The predicted molar refractivity (Wildman–Crippen MR) is 66.0 cm³/mol. The van der Waals surface area contributed by atoms with Crippen LogP contribution in [0.5, 0.6) is 5.75 Å². The van der Waals surface area contributed by atoms with Crippen LogP contribution >= 0.6 is 0 Å². The Morgan fingerprint density at radius 3 is 2.12 bits per heavy atom. The van der Waals surface area contributed by atoms with Gasteiger partial charge in [0.05, 0.1) is 6.61 Å². The second-order valence-corrected chi connectivity index (χ2v) is 4.13. The molecule has 0 saturated carbocycles. The molecule has 0 bridgehead atoms. The first kappa shape index (κ1) is 10.4. The molecule has 0 amide bonds. The van der Waals surface area contributed by atoms with Gasteiger partial charge in [-0.3, -0.25) is 0 Å². The summed E-state index contributed by atoms with van der Waals surface area (Å²) >= 11 is 0. The zero-order valence-corrected chi connectivity index (χ0v) is 9.45. The van der Waals surface area contributed by atoms with E-state index < -0.39 is 0 Å². The molecule has 2 aromatic carbocycles. The van der Waals surface area contributed by atoms with E-state index in [2.05, 4.69) is 12.1 Å². The van der Waals surface area contributed by atoms with Crippen LogP contribution in [0, 0.1) is 0 Å². The minimum atomic E-state index is -0.00130. The van der Waals surface area contributed by atoms with Gasteiger partial charge in [-0.1, -0.05) is 48.5 Å². The van der Waals surface area contributed by atoms with E-state index in [9.17, 15) is 0 Å². The van der Waals surface area contributed by atoms with Crippen LogP contribution in [-0.2, 0) is 4.74 Å². The fourth-order valence-corrected chi connectivity index (χ4v) is 1.88. The SMILES string of the molecule is c1ccc(O[C@@H](c2ccccc2)[C@H]2CO2)cc1. The molecule has 1 fully saturated rings. The molecule has 0 aromatic heterocycles. The summed E-state index contributed by atoms with van der Waals surface area (Å²) in [6.07, 6.45) is 0.191. The molecule has 1 aliphatic heterocycles. The molecule has 0 N–H and O–H groups in total. The van der Waals surface area contributed by atoms with E-state index in [1.807, 2.05) is 48.5 Å². The first-order valence-electron chi connectivity index (χ1n) is 5.82. The van der Waals surface area contributed by atoms with Gasteiger partial charge < -0.3 is 9.47 Å². The van der Waals surface area contributed by atoms with Crippen LogP contribution in [0.4, 0.5) is 0 Å². The van der Waals surface area contributed by atoms with Crippen LogP contribution in [-0.4, -0.2) is 12.7 Å². The number of benzene rings is 2. The molecule has 0 radical (unpaired) electrons. The van der Waals surface area contributed by atoms with E-state index in [1.165, 1.54) is 5.56 Å². The number of ether oxygens (including phenoxy) is 2. The molecular weight excluding hydrogens is 212 g/mol. The van der Waals surface area contributed by atoms with E-state index in [1.54, 1.807) is 0 Å². The lowest BCUT2D eigenvalue weighted by Gasteiger charge is -2.17. The molecular formula is C15H14O2. The fraction of sp³-hybridized carbons (Fsp3) is 0.200. The average molecular weight is 226 g/mol. The Kier molecular flexibility index (Phi) is 2.80. The normalized spacial score (nSPS) is 19.6. The highest BCUT2D eigenvalue weighted by Gasteiger charge is 2.35. The maximum Gasteiger partial charge on any atom is 0.152 e. The average Bonchev–Trinajstić information content (AvgIpc) is 3.23. The van der Waals surface area contributed by atoms with Crippen LogP contribution in [0.25, 0.3) is 0 Å². The van der Waals surface area contributed by atoms with Crippen molar-refractivity contribution in [1.82, 2.24) is 0 Å². The Morgan fingerprint density at radius 1 is 0.941 bits per heavy atom. The Bertz CT molecular complexity index is 463. The van der Waals surface area contributed by atoms with Gasteiger partial charge in [0.15, 0.2) is 6.10 Å². The molecule has 1 saturated heterocycles. The van der Waals surface area contributed by atoms with Gasteiger partial charge >= 0.3 is 0 Å². The Labute approximate surface area is 101 Å². The number of hydrogen-bond acceptors (Lipinski definition) is 2. The molecule has 2 heteroatoms. The molecule has 0 spiro atoms. The Balaban J connectivity index is 1.82. The van der Waals surface area contributed by atoms with Gasteiger partial charge in [0.25, 0.3) is 0 Å². The topological polar surface area (TPSA) is 21.8 Å². The van der Waals surface area contributed by atoms with Gasteiger partial charge in [-0.25, -0.2) is 0 Å². The van der Waals surface area contributed by atoms with E-state index in [4.69, 9.17) is 9.47 Å². The summed E-state index contributed by atoms with van der Waals surface area (Å²) in [5.74, 6) is 0.886. The third-order valence-corrected chi connectivity index (χ3v) is 2.83. The molecule has 0 unspecified atom stereocenters. The van der Waals surface area contributed by atoms with Crippen LogP contribution < -0.4 is 4.74 Å². The van der Waals surface area contributed by atoms with Crippen LogP contribution in [0.15, 0.2) is 60.7 Å². The first-order valence-corrected chi connectivity index (χ1v) is 5.82. The van der Waals surface area contributed by atoms with E-state index in [0.717, 1.165) is 12.4 Å². The van der Waals surface area contributed by atoms with Crippen molar-refractivity contribution in [3.63, 3.8) is 0 Å². The van der Waals surface area contributed by atoms with E-state index in [-0.39, 0.29) is 12.2 Å². The number of epoxide rings is 1. The van der Waals surface area contributed by atoms with Gasteiger partial charge in [-0.05, 0) is 17.7 Å². The highest BCUT2D eigenvalue weighted by atomic mass is 16.6. The number of hydrogen-bond donors (Lipinski definition) is 0. The Hall–Kier alpha value is -1.80. The third-order valence-electron chi connectivity index (χ3n) is 2.83. The molecule has 86 valence electrons. The van der Waals surface area contributed by atoms with Gasteiger partial charge in [0, 0.05) is 0 Å². The molecule has 2 aromatic rings. The molecule has 3 rings (SSSR count). The monoisotopic (exact) mass is 226 g/mol. The lowest BCUT2D eigenvalue weighted by atomic mass is 10.1. The highest BCUT2D eigenvalue weighted by Crippen LogP contribution is 2.32. The van der Waals surface area contributed by atoms with Gasteiger partial charge in [-0.15, -0.1) is 0 Å². The van der Waals surface area contributed by atoms with E-state index >= 15 is 0 Å². The van der Waals surface area contributed by atoms with Crippen molar-refractivity contribution in [3.05, 3.63) is 66.2 Å². The third kappa shape index (κ3) is 2.48. The quantitative estimate of drug-likeness (QED) is 0.747. The molecule has 1 heterocycles. The first-order chi connectivity index (χ1) is 8.43. The summed E-state index contributed by atoms with van der Waals surface area (Å²) in [5.41, 5.74) is 1.17. The van der Waals surface area contributed by atoms with Gasteiger partial charge in [0.1, 0.15) is 11.9 Å². The minimum absolute atomic E-state index is 0.00130. The zero-order chi connectivity index (χ0) is 11.5. The smallest absolute Gasteiger partial charge is 0.152 e. The van der Waals surface area contributed by atoms with Crippen molar-refractivity contribution >= 4 is 0 Å². The molecule has 2 nitrogen and oxygen atoms in total. The summed E-state index contributed by atoms with van der Waals surface area (Å²) in [6.45, 7) is 0.784. The zero-order valence-electron chi connectivity index (χ0n) is 9.45. The highest BCUT2D eigenvalue weighted by molar-refractivity contribution is 5.25. The summed E-state index contributed by atoms with van der Waals surface area (Å²) in [7, 11) is 0. The minimum Gasteiger partial charge on any atom is -0.483 e. The lowest BCUT2D eigenvalue weighted by molar-refractivity contribution is 0.161. The fourth-order valence-electron chi connectivity index (χ4n) is 1.88. The van der Waals surface area contributed by atoms with Crippen molar-refractivity contribution in [3.8, 4) is 5.75 Å². The number of rotatable bonds is 4. The second kappa shape index (κ2) is 4.60. The molecule has 0 aliphatic carbocycles. The van der Waals surface area contributed by atoms with Crippen molar-refractivity contribution in [2.24, 2.45) is 0 Å². The van der Waals surface area contributed by atoms with Gasteiger partial charge in [-0.2, -0.15) is 0 Å². The van der Waals surface area contributed by atoms with E-state index in [0.29, 0.717) is 0 Å². The van der Waals surface area contributed by atoms with Crippen molar-refractivity contribution in [2.75, 3.05) is 6.61 Å². The maximum atomic E-state index is 6.00. The van der Waals surface area contributed by atoms with Gasteiger partial charge in [0.2, 0.25) is 0 Å². The van der Waals surface area contributed by atoms with Crippen LogP contribution in [0.1, 0.15) is 11.7 Å². The van der Waals surface area contributed by atoms with Crippen molar-refractivity contribution < 1.29 is 9.47 Å². The second-order valence-electron chi connectivity index (χ2n) is 4.13. The van der Waals surface area contributed by atoms with Crippen molar-refractivity contribution in [1.29, 1.82) is 0 Å². The predicted octanol–water partition coefficient (Wildman–Crippen LogP) is 3.21. The maximum absolute atomic E-state index is 6.00. The summed E-state index contributed by atoms with van der Waals surface area (Å²) < 4.78 is 11.4. The summed E-state index contributed by atoms with van der Waals surface area (Å²) in [4.78, 5) is 0. The lowest BCUT2D eigenvalue weighted by Crippen LogP contribution is -2.13. The Morgan fingerprint density at radius 2 is 1.53 bits per heavy atom. The van der Waals surface area contributed by atoms with Crippen LogP contribution in [0.3, 0.4) is 0 Å². The molecule has 17 heavy (non-hydrogen) atoms. The van der Waals surface area contributed by atoms with Crippen LogP contribution in [0.2, 0.25) is 0 Å². The molecule has 1 aliphatic rings. The standard InChI is InChI=1S/C15H14O2/c1-3-7-12(8-4-1)15(14-11-16-14)17-13-9-5-2-6-10-13/h1-10,14-15H,11H2/t14-,15+/m1/s1. The summed E-state index contributed by atoms with van der Waals surface area (Å²) in [5, 5.41) is 0. The largest absolute Gasteiger partial charge is 0.483 e.